The summed E-state index contributed by atoms with van der Waals surface area (Å²) in [7, 11) is 0. The molecule has 2 aromatic rings. The smallest absolute Gasteiger partial charge is 0.168 e. The number of carbonyl (C=O) groups is 1. The fourth-order valence-electron chi connectivity index (χ4n) is 5.29. The summed E-state index contributed by atoms with van der Waals surface area (Å²) in [6.07, 6.45) is 4.07. The third-order valence-corrected chi connectivity index (χ3v) is 7.40. The van der Waals surface area contributed by atoms with Gasteiger partial charge >= 0.3 is 0 Å². The molecule has 1 atom stereocenters. The molecule has 1 unspecified atom stereocenters. The predicted octanol–water partition coefficient (Wildman–Crippen LogP) is 5.02. The maximum atomic E-state index is 13.6. The SMILES string of the molecule is Cc1ccc(-c2ccc(Cl)cc2)cc1C1CNC2(CCC3(CC2)OCCCO3)C1=O. The van der Waals surface area contributed by atoms with Crippen molar-refractivity contribution in [3.05, 3.63) is 58.6 Å². The minimum atomic E-state index is -0.464. The molecule has 3 fully saturated rings. The predicted molar refractivity (Wildman–Crippen MR) is 118 cm³/mol. The standard InChI is InChI=1S/C25H28ClNO3/c1-17-3-4-19(18-5-7-20(26)8-6-18)15-21(17)22-16-27-24(23(22)28)9-11-25(12-10-24)29-13-2-14-30-25/h3-8,15,22,27H,2,9-14,16H2,1H3. The van der Waals surface area contributed by atoms with Gasteiger partial charge in [-0.2, -0.15) is 0 Å². The van der Waals surface area contributed by atoms with Gasteiger partial charge in [0.1, 0.15) is 0 Å². The third-order valence-electron chi connectivity index (χ3n) is 7.15. The number of hydrogen-bond donors (Lipinski definition) is 1. The van der Waals surface area contributed by atoms with Gasteiger partial charge in [-0.3, -0.25) is 4.79 Å². The van der Waals surface area contributed by atoms with Gasteiger partial charge in [0.2, 0.25) is 0 Å². The Balaban J connectivity index is 1.38. The lowest BCUT2D eigenvalue weighted by molar-refractivity contribution is -0.283. The zero-order chi connectivity index (χ0) is 20.8. The number of nitrogens with one attached hydrogen (secondary N) is 1. The maximum Gasteiger partial charge on any atom is 0.168 e. The molecule has 0 bridgehead atoms. The van der Waals surface area contributed by atoms with Crippen LogP contribution in [0, 0.1) is 6.92 Å². The first-order chi connectivity index (χ1) is 14.5. The summed E-state index contributed by atoms with van der Waals surface area (Å²) in [6.45, 7) is 4.30. The molecule has 4 nitrogen and oxygen atoms in total. The van der Waals surface area contributed by atoms with Crippen molar-refractivity contribution in [3.63, 3.8) is 0 Å². The molecule has 5 rings (SSSR count). The normalized spacial score (nSPS) is 25.1. The van der Waals surface area contributed by atoms with E-state index in [0.29, 0.717) is 12.3 Å². The first-order valence-electron chi connectivity index (χ1n) is 10.9. The van der Waals surface area contributed by atoms with E-state index < -0.39 is 11.3 Å². The second-order valence-electron chi connectivity index (χ2n) is 8.92. The summed E-state index contributed by atoms with van der Waals surface area (Å²) in [4.78, 5) is 13.6. The highest BCUT2D eigenvalue weighted by Gasteiger charge is 2.53. The monoisotopic (exact) mass is 425 g/mol. The lowest BCUT2D eigenvalue weighted by atomic mass is 9.74. The lowest BCUT2D eigenvalue weighted by Crippen LogP contribution is -2.55. The summed E-state index contributed by atoms with van der Waals surface area (Å²) in [6, 6.07) is 14.3. The van der Waals surface area contributed by atoms with Gasteiger partial charge in [-0.15, -0.1) is 0 Å². The Morgan fingerprint density at radius 2 is 1.63 bits per heavy atom. The van der Waals surface area contributed by atoms with Gasteiger partial charge in [0.25, 0.3) is 0 Å². The Morgan fingerprint density at radius 1 is 0.967 bits per heavy atom. The van der Waals surface area contributed by atoms with Crippen LogP contribution < -0.4 is 5.32 Å². The molecule has 5 heteroatoms. The molecule has 1 aliphatic carbocycles. The molecule has 158 valence electrons. The number of Topliss-reactive ketones (excluding diaryl/α,β-unsaturated/α-hetero) is 1. The van der Waals surface area contributed by atoms with Crippen LogP contribution in [0.4, 0.5) is 0 Å². The first-order valence-corrected chi connectivity index (χ1v) is 11.3. The van der Waals surface area contributed by atoms with Crippen molar-refractivity contribution in [2.24, 2.45) is 0 Å². The zero-order valence-electron chi connectivity index (χ0n) is 17.4. The van der Waals surface area contributed by atoms with Crippen LogP contribution in [0.2, 0.25) is 5.02 Å². The molecule has 1 N–H and O–H groups in total. The second kappa shape index (κ2) is 7.76. The molecule has 2 spiro atoms. The van der Waals surface area contributed by atoms with Gasteiger partial charge < -0.3 is 14.8 Å². The second-order valence-corrected chi connectivity index (χ2v) is 9.36. The van der Waals surface area contributed by atoms with Crippen LogP contribution >= 0.6 is 11.6 Å². The molecule has 2 heterocycles. The number of rotatable bonds is 2. The number of benzene rings is 2. The van der Waals surface area contributed by atoms with E-state index in [0.717, 1.165) is 72.6 Å². The van der Waals surface area contributed by atoms with Crippen molar-refractivity contribution >= 4 is 17.4 Å². The number of hydrogen-bond acceptors (Lipinski definition) is 4. The summed E-state index contributed by atoms with van der Waals surface area (Å²) >= 11 is 6.04. The molecular weight excluding hydrogens is 398 g/mol. The van der Waals surface area contributed by atoms with Crippen LogP contribution in [0.1, 0.15) is 49.1 Å². The summed E-state index contributed by atoms with van der Waals surface area (Å²) in [5.74, 6) is -0.252. The first kappa shape index (κ1) is 20.2. The molecule has 2 saturated heterocycles. The number of aryl methyl sites for hydroxylation is 1. The van der Waals surface area contributed by atoms with Crippen LogP contribution in [-0.2, 0) is 14.3 Å². The lowest BCUT2D eigenvalue weighted by Gasteiger charge is -2.45. The van der Waals surface area contributed by atoms with E-state index in [4.69, 9.17) is 21.1 Å². The van der Waals surface area contributed by atoms with E-state index in [1.54, 1.807) is 0 Å². The number of ether oxygens (including phenoxy) is 2. The molecule has 1 saturated carbocycles. The van der Waals surface area contributed by atoms with E-state index in [2.05, 4.69) is 30.4 Å². The quantitative estimate of drug-likeness (QED) is 0.734. The van der Waals surface area contributed by atoms with Crippen molar-refractivity contribution < 1.29 is 14.3 Å². The topological polar surface area (TPSA) is 47.6 Å². The van der Waals surface area contributed by atoms with Crippen molar-refractivity contribution in [1.29, 1.82) is 0 Å². The van der Waals surface area contributed by atoms with Crippen molar-refractivity contribution in [2.45, 2.75) is 56.3 Å². The Bertz CT molecular complexity index is 939. The molecule has 30 heavy (non-hydrogen) atoms. The van der Waals surface area contributed by atoms with Gasteiger partial charge in [-0.25, -0.2) is 0 Å². The Morgan fingerprint density at radius 3 is 2.33 bits per heavy atom. The average Bonchev–Trinajstić information content (AvgIpc) is 3.08. The highest BCUT2D eigenvalue weighted by atomic mass is 35.5. The fourth-order valence-corrected chi connectivity index (χ4v) is 5.41. The van der Waals surface area contributed by atoms with Crippen LogP contribution in [0.15, 0.2) is 42.5 Å². The van der Waals surface area contributed by atoms with Crippen LogP contribution in [-0.4, -0.2) is 36.9 Å². The van der Waals surface area contributed by atoms with E-state index in [9.17, 15) is 4.79 Å². The Kier molecular flexibility index (Phi) is 5.22. The highest BCUT2D eigenvalue weighted by molar-refractivity contribution is 6.30. The van der Waals surface area contributed by atoms with Crippen LogP contribution in [0.5, 0.6) is 0 Å². The van der Waals surface area contributed by atoms with Crippen LogP contribution in [0.3, 0.4) is 0 Å². The minimum absolute atomic E-state index is 0.112. The molecule has 2 aliphatic heterocycles. The molecule has 2 aromatic carbocycles. The maximum absolute atomic E-state index is 13.6. The zero-order valence-corrected chi connectivity index (χ0v) is 18.1. The van der Waals surface area contributed by atoms with Crippen molar-refractivity contribution in [1.82, 2.24) is 5.32 Å². The average molecular weight is 426 g/mol. The Hall–Kier alpha value is -1.72. The van der Waals surface area contributed by atoms with E-state index >= 15 is 0 Å². The van der Waals surface area contributed by atoms with Gasteiger partial charge in [0, 0.05) is 24.4 Å². The summed E-state index contributed by atoms with van der Waals surface area (Å²) in [5.41, 5.74) is 4.08. The molecule has 0 radical (unpaired) electrons. The minimum Gasteiger partial charge on any atom is -0.350 e. The van der Waals surface area contributed by atoms with Crippen molar-refractivity contribution in [3.8, 4) is 11.1 Å². The summed E-state index contributed by atoms with van der Waals surface area (Å²) < 4.78 is 12.0. The van der Waals surface area contributed by atoms with Gasteiger partial charge in [-0.1, -0.05) is 41.9 Å². The fraction of sp³-hybridized carbons (Fsp3) is 0.480. The highest BCUT2D eigenvalue weighted by Crippen LogP contribution is 2.45. The molecular formula is C25H28ClNO3. The number of ketones is 1. The van der Waals surface area contributed by atoms with E-state index in [1.807, 2.05) is 24.3 Å². The van der Waals surface area contributed by atoms with Crippen molar-refractivity contribution in [2.75, 3.05) is 19.8 Å². The molecule has 0 aromatic heterocycles. The number of carbonyl (C=O) groups excluding carboxylic acids is 1. The number of halogens is 1. The van der Waals surface area contributed by atoms with E-state index in [-0.39, 0.29) is 5.92 Å². The van der Waals surface area contributed by atoms with Gasteiger partial charge in [0.15, 0.2) is 11.6 Å². The third kappa shape index (κ3) is 3.50. The van der Waals surface area contributed by atoms with E-state index in [1.165, 1.54) is 0 Å². The molecule has 0 amide bonds. The van der Waals surface area contributed by atoms with Gasteiger partial charge in [0.05, 0.1) is 24.7 Å². The largest absolute Gasteiger partial charge is 0.350 e. The van der Waals surface area contributed by atoms with Gasteiger partial charge in [-0.05, 0) is 60.6 Å². The summed E-state index contributed by atoms with van der Waals surface area (Å²) in [5, 5.41) is 4.33. The Labute approximate surface area is 182 Å². The molecule has 3 aliphatic rings. The van der Waals surface area contributed by atoms with Crippen LogP contribution in [0.25, 0.3) is 11.1 Å².